The second kappa shape index (κ2) is 5.44. The Morgan fingerprint density at radius 2 is 2.12 bits per heavy atom. The van der Waals surface area contributed by atoms with Crippen LogP contribution in [-0.2, 0) is 6.42 Å². The summed E-state index contributed by atoms with van der Waals surface area (Å²) in [6, 6.07) is 14.2. The summed E-state index contributed by atoms with van der Waals surface area (Å²) in [7, 11) is 0. The van der Waals surface area contributed by atoms with Crippen molar-refractivity contribution in [3.8, 4) is 0 Å². The van der Waals surface area contributed by atoms with E-state index in [1.807, 2.05) is 18.2 Å². The van der Waals surface area contributed by atoms with Gasteiger partial charge in [0.05, 0.1) is 29.9 Å². The fourth-order valence-electron chi connectivity index (χ4n) is 3.68. The molecule has 6 nitrogen and oxygen atoms in total. The number of benzene rings is 2. The number of H-pyrrole nitrogens is 1. The summed E-state index contributed by atoms with van der Waals surface area (Å²) in [6.45, 7) is 0.466. The third-order valence-corrected chi connectivity index (χ3v) is 4.93. The maximum absolute atomic E-state index is 12.4. The summed E-state index contributed by atoms with van der Waals surface area (Å²) in [5, 5.41) is 2.91. The van der Waals surface area contributed by atoms with Crippen LogP contribution in [0.1, 0.15) is 23.6 Å². The molecular formula is C19H17N5O. The number of nitrogens with zero attached hydrogens (tertiary/aromatic N) is 3. The minimum absolute atomic E-state index is 0.139. The molecule has 1 fully saturated rings. The van der Waals surface area contributed by atoms with Gasteiger partial charge in [-0.2, -0.15) is 0 Å². The largest absolute Gasteiger partial charge is 0.345 e. The first-order chi connectivity index (χ1) is 12.3. The number of imidazole rings is 1. The number of nitrogens with one attached hydrogen (secondary N) is 2. The van der Waals surface area contributed by atoms with Crippen LogP contribution in [-0.4, -0.2) is 28.4 Å². The van der Waals surface area contributed by atoms with Crippen LogP contribution in [0.4, 0.5) is 10.5 Å². The van der Waals surface area contributed by atoms with E-state index in [0.29, 0.717) is 6.54 Å². The summed E-state index contributed by atoms with van der Waals surface area (Å²) in [5.41, 5.74) is 5.27. The highest BCUT2D eigenvalue weighted by Gasteiger charge is 2.29. The normalized spacial score (nSPS) is 21.1. The quantitative estimate of drug-likeness (QED) is 0.757. The summed E-state index contributed by atoms with van der Waals surface area (Å²) >= 11 is 0. The van der Waals surface area contributed by atoms with Gasteiger partial charge in [0.25, 0.3) is 0 Å². The van der Waals surface area contributed by atoms with Gasteiger partial charge in [0.15, 0.2) is 0 Å². The van der Waals surface area contributed by atoms with E-state index in [4.69, 9.17) is 4.99 Å². The molecule has 1 atom stereocenters. The van der Waals surface area contributed by atoms with Crippen LogP contribution in [0.15, 0.2) is 53.8 Å². The van der Waals surface area contributed by atoms with Crippen LogP contribution in [0.25, 0.3) is 11.0 Å². The Morgan fingerprint density at radius 3 is 3.08 bits per heavy atom. The number of anilines is 1. The molecule has 2 aromatic carbocycles. The Morgan fingerprint density at radius 1 is 1.20 bits per heavy atom. The molecule has 5 rings (SSSR count). The number of aromatic nitrogens is 2. The third-order valence-electron chi connectivity index (χ3n) is 4.93. The molecule has 2 heterocycles. The smallest absolute Gasteiger partial charge is 0.327 e. The average molecular weight is 331 g/mol. The van der Waals surface area contributed by atoms with Crippen LogP contribution >= 0.6 is 0 Å². The van der Waals surface area contributed by atoms with Crippen molar-refractivity contribution < 1.29 is 4.79 Å². The van der Waals surface area contributed by atoms with Crippen molar-refractivity contribution in [1.29, 1.82) is 0 Å². The first-order valence-electron chi connectivity index (χ1n) is 8.44. The highest BCUT2D eigenvalue weighted by atomic mass is 16.2. The Hall–Kier alpha value is -3.15. The van der Waals surface area contributed by atoms with E-state index in [1.165, 1.54) is 11.1 Å². The summed E-state index contributed by atoms with van der Waals surface area (Å²) in [6.07, 6.45) is 3.70. The number of carbonyl (C=O) groups excluding carboxylic acids is 1. The van der Waals surface area contributed by atoms with E-state index in [-0.39, 0.29) is 12.1 Å². The van der Waals surface area contributed by atoms with E-state index in [9.17, 15) is 4.79 Å². The molecule has 2 amide bonds. The molecule has 1 aliphatic heterocycles. The fraction of sp³-hybridized carbons (Fsp3) is 0.211. The zero-order valence-electron chi connectivity index (χ0n) is 13.6. The van der Waals surface area contributed by atoms with Crippen LogP contribution in [0.5, 0.6) is 0 Å². The van der Waals surface area contributed by atoms with Gasteiger partial charge < -0.3 is 4.98 Å². The number of hydrogen-bond donors (Lipinski definition) is 2. The van der Waals surface area contributed by atoms with Gasteiger partial charge in [-0.25, -0.2) is 9.78 Å². The maximum atomic E-state index is 12.4. The number of carbonyl (C=O) groups is 1. The lowest BCUT2D eigenvalue weighted by atomic mass is 10.1. The molecule has 0 spiro atoms. The lowest BCUT2D eigenvalue weighted by molar-refractivity contribution is 0.253. The van der Waals surface area contributed by atoms with Gasteiger partial charge in [0, 0.05) is 5.69 Å². The first-order valence-corrected chi connectivity index (χ1v) is 8.44. The van der Waals surface area contributed by atoms with Crippen molar-refractivity contribution in [1.82, 2.24) is 15.3 Å². The minimum Gasteiger partial charge on any atom is -0.345 e. The zero-order valence-corrected chi connectivity index (χ0v) is 13.6. The van der Waals surface area contributed by atoms with Crippen molar-refractivity contribution in [2.45, 2.75) is 18.9 Å². The molecule has 124 valence electrons. The van der Waals surface area contributed by atoms with E-state index >= 15 is 0 Å². The molecule has 25 heavy (non-hydrogen) atoms. The maximum Gasteiger partial charge on any atom is 0.327 e. The van der Waals surface area contributed by atoms with Crippen molar-refractivity contribution >= 4 is 28.6 Å². The molecule has 3 aromatic rings. The van der Waals surface area contributed by atoms with E-state index in [0.717, 1.165) is 35.4 Å². The topological polar surface area (TPSA) is 73.4 Å². The molecule has 6 heteroatoms. The van der Waals surface area contributed by atoms with Gasteiger partial charge in [0.1, 0.15) is 5.84 Å². The zero-order chi connectivity index (χ0) is 16.8. The lowest BCUT2D eigenvalue weighted by Gasteiger charge is -2.13. The van der Waals surface area contributed by atoms with E-state index in [2.05, 4.69) is 39.6 Å². The number of aromatic amines is 1. The summed E-state index contributed by atoms with van der Waals surface area (Å²) < 4.78 is 0. The molecule has 1 aliphatic carbocycles. The van der Waals surface area contributed by atoms with Crippen molar-refractivity contribution in [2.75, 3.05) is 11.4 Å². The van der Waals surface area contributed by atoms with Gasteiger partial charge in [-0.15, -0.1) is 0 Å². The SMILES string of the molecule is O=C1N/C(=N/C2CCc3ccccc32)CN1c1ccc2[nH]cnc2c1. The Balaban J connectivity index is 1.42. The van der Waals surface area contributed by atoms with E-state index in [1.54, 1.807) is 11.2 Å². The number of fused-ring (bicyclic) bond motifs is 2. The molecular weight excluding hydrogens is 314 g/mol. The molecule has 0 radical (unpaired) electrons. The van der Waals surface area contributed by atoms with Gasteiger partial charge in [-0.1, -0.05) is 24.3 Å². The van der Waals surface area contributed by atoms with Gasteiger partial charge in [-0.05, 0) is 42.2 Å². The minimum atomic E-state index is -0.139. The molecule has 1 saturated heterocycles. The number of amidine groups is 1. The average Bonchev–Trinajstić information content (AvgIpc) is 3.33. The van der Waals surface area contributed by atoms with Gasteiger partial charge in [0.2, 0.25) is 0 Å². The monoisotopic (exact) mass is 331 g/mol. The molecule has 2 N–H and O–H groups in total. The molecule has 2 aliphatic rings. The van der Waals surface area contributed by atoms with Crippen molar-refractivity contribution in [3.63, 3.8) is 0 Å². The number of amides is 2. The van der Waals surface area contributed by atoms with E-state index < -0.39 is 0 Å². The number of aliphatic imine (C=N–C) groups is 1. The standard InChI is InChI=1S/C19H17N5O/c25-19-23-18(22-15-7-5-12-3-1-2-4-14(12)15)10-24(19)13-6-8-16-17(9-13)21-11-20-16/h1-4,6,8-9,11,15H,5,7,10H2,(H,20,21)(H,22,23,25). The predicted molar refractivity (Wildman–Crippen MR) is 96.9 cm³/mol. The Kier molecular flexibility index (Phi) is 3.09. The molecule has 0 bridgehead atoms. The Labute approximate surface area is 144 Å². The predicted octanol–water partition coefficient (Wildman–Crippen LogP) is 3.18. The molecule has 1 aromatic heterocycles. The second-order valence-electron chi connectivity index (χ2n) is 6.45. The van der Waals surface area contributed by atoms with Crippen LogP contribution < -0.4 is 10.2 Å². The van der Waals surface area contributed by atoms with Crippen LogP contribution in [0.3, 0.4) is 0 Å². The molecule has 0 saturated carbocycles. The highest BCUT2D eigenvalue weighted by Crippen LogP contribution is 2.34. The first kappa shape index (κ1) is 14.2. The second-order valence-corrected chi connectivity index (χ2v) is 6.45. The fourth-order valence-corrected chi connectivity index (χ4v) is 3.68. The number of rotatable bonds is 2. The number of hydrogen-bond acceptors (Lipinski definition) is 3. The summed E-state index contributed by atoms with van der Waals surface area (Å²) in [5.74, 6) is 0.730. The lowest BCUT2D eigenvalue weighted by Crippen LogP contribution is -2.27. The van der Waals surface area contributed by atoms with Crippen molar-refractivity contribution in [2.24, 2.45) is 4.99 Å². The highest BCUT2D eigenvalue weighted by molar-refractivity contribution is 6.14. The molecule has 1 unspecified atom stereocenters. The van der Waals surface area contributed by atoms with Gasteiger partial charge in [-0.3, -0.25) is 15.2 Å². The van der Waals surface area contributed by atoms with Crippen LogP contribution in [0.2, 0.25) is 0 Å². The Bertz CT molecular complexity index is 1010. The van der Waals surface area contributed by atoms with Gasteiger partial charge >= 0.3 is 6.03 Å². The van der Waals surface area contributed by atoms with Crippen LogP contribution in [0, 0.1) is 0 Å². The number of aryl methyl sites for hydroxylation is 1. The third kappa shape index (κ3) is 2.38. The van der Waals surface area contributed by atoms with Crippen molar-refractivity contribution in [3.05, 3.63) is 59.9 Å². The number of urea groups is 1. The summed E-state index contributed by atoms with van der Waals surface area (Å²) in [4.78, 5) is 26.2.